The number of aliphatic hydroxyl groups is 1. The fourth-order valence-corrected chi connectivity index (χ4v) is 4.68. The zero-order chi connectivity index (χ0) is 26.6. The van der Waals surface area contributed by atoms with Gasteiger partial charge in [0, 0.05) is 24.5 Å². The summed E-state index contributed by atoms with van der Waals surface area (Å²) in [4.78, 5) is 32.2. The summed E-state index contributed by atoms with van der Waals surface area (Å²) < 4.78 is 5.97. The van der Waals surface area contributed by atoms with Crippen molar-refractivity contribution in [3.63, 3.8) is 0 Å². The molecule has 0 unspecified atom stereocenters. The number of ketones is 1. The fourth-order valence-electron chi connectivity index (χ4n) is 4.68. The molecule has 5 rings (SSSR count). The molecule has 3 aromatic carbocycles. The Kier molecular flexibility index (Phi) is 7.05. The van der Waals surface area contributed by atoms with E-state index < -0.39 is 17.7 Å². The molecular weight excluding hydrogens is 476 g/mol. The molecular formula is C32H28N2O4. The zero-order valence-electron chi connectivity index (χ0n) is 21.3. The number of benzene rings is 3. The standard InChI is InChI=1S/C32H28N2O4/c1-21-10-12-25(13-11-21)29-28(31(36)32(37)34(29)19-24-9-6-16-33-18-24)30(35)26-14-15-27(22(2)17-26)38-20-23-7-4-3-5-8-23/h3-18,29,35H,19-20H2,1-2H3/t29-/m1/s1. The molecule has 1 saturated heterocycles. The third-order valence-electron chi connectivity index (χ3n) is 6.69. The monoisotopic (exact) mass is 504 g/mol. The molecule has 1 fully saturated rings. The number of pyridine rings is 1. The lowest BCUT2D eigenvalue weighted by Crippen LogP contribution is -2.29. The average Bonchev–Trinajstić information content (AvgIpc) is 3.18. The predicted octanol–water partition coefficient (Wildman–Crippen LogP) is 5.90. The molecule has 0 spiro atoms. The Hall–Kier alpha value is -4.71. The van der Waals surface area contributed by atoms with Crippen LogP contribution < -0.4 is 4.74 Å². The van der Waals surface area contributed by atoms with Crippen LogP contribution in [0.25, 0.3) is 5.76 Å². The molecule has 0 bridgehead atoms. The van der Waals surface area contributed by atoms with Gasteiger partial charge >= 0.3 is 0 Å². The van der Waals surface area contributed by atoms with Crippen LogP contribution in [-0.2, 0) is 22.7 Å². The second-order valence-corrected chi connectivity index (χ2v) is 9.45. The molecule has 0 aliphatic carbocycles. The Morgan fingerprint density at radius 1 is 0.921 bits per heavy atom. The van der Waals surface area contributed by atoms with E-state index in [2.05, 4.69) is 4.98 Å². The number of ether oxygens (including phenoxy) is 1. The van der Waals surface area contributed by atoms with Crippen LogP contribution in [0.2, 0.25) is 0 Å². The van der Waals surface area contributed by atoms with Gasteiger partial charge in [-0.25, -0.2) is 0 Å². The third-order valence-corrected chi connectivity index (χ3v) is 6.69. The van der Waals surface area contributed by atoms with Gasteiger partial charge in [-0.15, -0.1) is 0 Å². The highest BCUT2D eigenvalue weighted by molar-refractivity contribution is 6.46. The van der Waals surface area contributed by atoms with Crippen LogP contribution >= 0.6 is 0 Å². The number of amides is 1. The molecule has 1 aliphatic heterocycles. The van der Waals surface area contributed by atoms with Crippen molar-refractivity contribution in [2.24, 2.45) is 0 Å². The molecule has 2 heterocycles. The minimum absolute atomic E-state index is 0.0695. The summed E-state index contributed by atoms with van der Waals surface area (Å²) in [5.41, 5.74) is 4.97. The maximum Gasteiger partial charge on any atom is 0.295 e. The molecule has 0 saturated carbocycles. The van der Waals surface area contributed by atoms with Gasteiger partial charge in [-0.2, -0.15) is 0 Å². The van der Waals surface area contributed by atoms with E-state index in [9.17, 15) is 14.7 Å². The van der Waals surface area contributed by atoms with Crippen molar-refractivity contribution < 1.29 is 19.4 Å². The minimum Gasteiger partial charge on any atom is -0.507 e. The van der Waals surface area contributed by atoms with Crippen molar-refractivity contribution in [1.82, 2.24) is 9.88 Å². The molecule has 4 aromatic rings. The van der Waals surface area contributed by atoms with Gasteiger partial charge < -0.3 is 14.7 Å². The zero-order valence-corrected chi connectivity index (χ0v) is 21.3. The summed E-state index contributed by atoms with van der Waals surface area (Å²) in [6, 6.07) is 25.7. The van der Waals surface area contributed by atoms with E-state index in [0.717, 1.165) is 27.8 Å². The second kappa shape index (κ2) is 10.7. The van der Waals surface area contributed by atoms with Crippen LogP contribution in [-0.4, -0.2) is 26.7 Å². The van der Waals surface area contributed by atoms with Gasteiger partial charge in [0.1, 0.15) is 18.1 Å². The number of likely N-dealkylation sites (tertiary alicyclic amines) is 1. The largest absolute Gasteiger partial charge is 0.507 e. The normalized spacial score (nSPS) is 16.6. The maximum atomic E-state index is 13.3. The van der Waals surface area contributed by atoms with E-state index in [1.54, 1.807) is 36.7 Å². The van der Waals surface area contributed by atoms with Crippen LogP contribution in [0.3, 0.4) is 0 Å². The molecule has 1 N–H and O–H groups in total. The number of carbonyl (C=O) groups is 2. The Labute approximate surface area is 221 Å². The summed E-state index contributed by atoms with van der Waals surface area (Å²) in [5.74, 6) is -0.891. The number of hydrogen-bond donors (Lipinski definition) is 1. The van der Waals surface area contributed by atoms with Gasteiger partial charge in [-0.05, 0) is 60.4 Å². The summed E-state index contributed by atoms with van der Waals surface area (Å²) in [6.07, 6.45) is 3.33. The van der Waals surface area contributed by atoms with Crippen molar-refractivity contribution in [3.8, 4) is 5.75 Å². The van der Waals surface area contributed by atoms with Crippen LogP contribution in [0.5, 0.6) is 5.75 Å². The first-order chi connectivity index (χ1) is 18.4. The molecule has 1 amide bonds. The van der Waals surface area contributed by atoms with Crippen molar-refractivity contribution in [2.75, 3.05) is 0 Å². The van der Waals surface area contributed by atoms with Crippen molar-refractivity contribution >= 4 is 17.4 Å². The lowest BCUT2D eigenvalue weighted by atomic mass is 9.94. The van der Waals surface area contributed by atoms with Crippen molar-refractivity contribution in [2.45, 2.75) is 33.0 Å². The number of nitrogens with zero attached hydrogens (tertiary/aromatic N) is 2. The van der Waals surface area contributed by atoms with Crippen LogP contribution in [0.4, 0.5) is 0 Å². The molecule has 1 atom stereocenters. The van der Waals surface area contributed by atoms with Crippen LogP contribution in [0.15, 0.2) is 103 Å². The Morgan fingerprint density at radius 3 is 2.34 bits per heavy atom. The van der Waals surface area contributed by atoms with Gasteiger partial charge in [-0.3, -0.25) is 14.6 Å². The quantitative estimate of drug-likeness (QED) is 0.193. The molecule has 6 nitrogen and oxygen atoms in total. The summed E-state index contributed by atoms with van der Waals surface area (Å²) in [7, 11) is 0. The first kappa shape index (κ1) is 25.0. The van der Waals surface area contributed by atoms with Gasteiger partial charge in [0.15, 0.2) is 0 Å². The molecule has 1 aromatic heterocycles. The van der Waals surface area contributed by atoms with Crippen molar-refractivity contribution in [3.05, 3.63) is 136 Å². The molecule has 190 valence electrons. The number of aliphatic hydroxyl groups excluding tert-OH is 1. The van der Waals surface area contributed by atoms with E-state index in [1.165, 1.54) is 4.90 Å². The number of aryl methyl sites for hydroxylation is 2. The van der Waals surface area contributed by atoms with E-state index >= 15 is 0 Å². The molecule has 6 heteroatoms. The van der Waals surface area contributed by atoms with E-state index in [4.69, 9.17) is 4.74 Å². The highest BCUT2D eigenvalue weighted by Gasteiger charge is 2.46. The number of carbonyl (C=O) groups excluding carboxylic acids is 2. The van der Waals surface area contributed by atoms with E-state index in [1.807, 2.05) is 74.5 Å². The van der Waals surface area contributed by atoms with Gasteiger partial charge in [0.25, 0.3) is 11.7 Å². The SMILES string of the molecule is Cc1ccc([C@@H]2C(=C(O)c3ccc(OCc4ccccc4)c(C)c3)C(=O)C(=O)N2Cc2cccnc2)cc1. The predicted molar refractivity (Wildman–Crippen MR) is 145 cm³/mol. The van der Waals surface area contributed by atoms with Gasteiger partial charge in [-0.1, -0.05) is 66.2 Å². The summed E-state index contributed by atoms with van der Waals surface area (Å²) in [6.45, 7) is 4.47. The lowest BCUT2D eigenvalue weighted by Gasteiger charge is -2.25. The first-order valence-electron chi connectivity index (χ1n) is 12.4. The topological polar surface area (TPSA) is 79.7 Å². The van der Waals surface area contributed by atoms with E-state index in [0.29, 0.717) is 17.9 Å². The average molecular weight is 505 g/mol. The molecule has 38 heavy (non-hydrogen) atoms. The number of Topliss-reactive ketones (excluding diaryl/α,β-unsaturated/α-hetero) is 1. The Balaban J connectivity index is 1.51. The minimum atomic E-state index is -0.731. The van der Waals surface area contributed by atoms with Crippen LogP contribution in [0.1, 0.15) is 39.4 Å². The smallest absolute Gasteiger partial charge is 0.295 e. The highest BCUT2D eigenvalue weighted by atomic mass is 16.5. The Morgan fingerprint density at radius 2 is 1.66 bits per heavy atom. The first-order valence-corrected chi connectivity index (χ1v) is 12.4. The van der Waals surface area contributed by atoms with Crippen molar-refractivity contribution in [1.29, 1.82) is 0 Å². The fraction of sp³-hybridized carbons (Fsp3) is 0.156. The molecule has 1 aliphatic rings. The summed E-state index contributed by atoms with van der Waals surface area (Å²) in [5, 5.41) is 11.4. The molecule has 0 radical (unpaired) electrons. The number of aromatic nitrogens is 1. The second-order valence-electron chi connectivity index (χ2n) is 9.45. The number of rotatable bonds is 7. The van der Waals surface area contributed by atoms with Crippen LogP contribution in [0, 0.1) is 13.8 Å². The van der Waals surface area contributed by atoms with Gasteiger partial charge in [0.2, 0.25) is 0 Å². The third kappa shape index (κ3) is 5.06. The maximum absolute atomic E-state index is 13.3. The number of hydrogen-bond acceptors (Lipinski definition) is 5. The summed E-state index contributed by atoms with van der Waals surface area (Å²) >= 11 is 0. The van der Waals surface area contributed by atoms with Gasteiger partial charge in [0.05, 0.1) is 11.6 Å². The highest BCUT2D eigenvalue weighted by Crippen LogP contribution is 2.40. The Bertz CT molecular complexity index is 1500. The van der Waals surface area contributed by atoms with E-state index in [-0.39, 0.29) is 17.9 Å². The lowest BCUT2D eigenvalue weighted by molar-refractivity contribution is -0.140.